The molecule has 1 aromatic rings. The van der Waals surface area contributed by atoms with Crippen LogP contribution in [0.15, 0.2) is 24.3 Å². The number of unbranched alkanes of at least 4 members (excludes halogenated alkanes) is 11. The minimum Gasteiger partial charge on any atom is -0.478 e. The first-order valence-electron chi connectivity index (χ1n) is 11.0. The lowest BCUT2D eigenvalue weighted by Gasteiger charge is -2.08. The third-order valence-corrected chi connectivity index (χ3v) is 4.78. The van der Waals surface area contributed by atoms with Gasteiger partial charge in [0.05, 0.1) is 10.5 Å². The van der Waals surface area contributed by atoms with Gasteiger partial charge in [0.1, 0.15) is 0 Å². The van der Waals surface area contributed by atoms with Crippen molar-refractivity contribution in [1.82, 2.24) is 4.90 Å². The van der Waals surface area contributed by atoms with Gasteiger partial charge in [-0.3, -0.25) is 10.1 Å². The molecule has 1 rings (SSSR count). The number of nitro groups is 1. The molecular weight excluding hydrogens is 368 g/mol. The van der Waals surface area contributed by atoms with E-state index in [4.69, 9.17) is 5.11 Å². The summed E-state index contributed by atoms with van der Waals surface area (Å²) in [4.78, 5) is 22.2. The summed E-state index contributed by atoms with van der Waals surface area (Å²) in [5.74, 6) is -1.09. The van der Waals surface area contributed by atoms with Crippen molar-refractivity contribution in [3.8, 4) is 0 Å². The molecule has 1 aromatic carbocycles. The summed E-state index contributed by atoms with van der Waals surface area (Å²) in [6.45, 7) is 3.55. The molecule has 0 heterocycles. The number of carboxylic acids is 1. The fourth-order valence-electron chi connectivity index (χ4n) is 2.99. The molecule has 6 nitrogen and oxygen atoms in total. The van der Waals surface area contributed by atoms with E-state index < -0.39 is 10.9 Å². The molecule has 0 aliphatic rings. The number of nitro benzene ring substituents is 1. The second-order valence-electron chi connectivity index (χ2n) is 7.80. The Hall–Kier alpha value is -1.95. The molecule has 0 saturated heterocycles. The van der Waals surface area contributed by atoms with E-state index in [0.29, 0.717) is 0 Å². The number of carboxylic acid groups (broad SMARTS) is 1. The molecule has 0 aliphatic carbocycles. The predicted molar refractivity (Wildman–Crippen MR) is 120 cm³/mol. The Balaban J connectivity index is 0.000000571. The van der Waals surface area contributed by atoms with Crippen LogP contribution in [-0.2, 0) is 0 Å². The SMILES string of the molecule is CCCCCCCCCCCCCCN(C)C.O=C(O)c1ccc([N+](=O)[O-])cc1. The zero-order valence-corrected chi connectivity index (χ0v) is 18.6. The first-order valence-corrected chi connectivity index (χ1v) is 11.0. The number of benzene rings is 1. The van der Waals surface area contributed by atoms with Crippen LogP contribution >= 0.6 is 0 Å². The minimum absolute atomic E-state index is 0.0422. The molecule has 0 fully saturated rings. The smallest absolute Gasteiger partial charge is 0.335 e. The number of nitrogens with zero attached hydrogens (tertiary/aromatic N) is 2. The van der Waals surface area contributed by atoms with Crippen LogP contribution in [0.1, 0.15) is 94.3 Å². The van der Waals surface area contributed by atoms with E-state index in [0.717, 1.165) is 12.1 Å². The fraction of sp³-hybridized carbons (Fsp3) is 0.696. The van der Waals surface area contributed by atoms with Crippen molar-refractivity contribution in [3.63, 3.8) is 0 Å². The van der Waals surface area contributed by atoms with Gasteiger partial charge in [0.15, 0.2) is 0 Å². The maximum atomic E-state index is 10.3. The molecule has 0 bridgehead atoms. The molecule has 0 saturated carbocycles. The van der Waals surface area contributed by atoms with E-state index in [1.807, 2.05) is 0 Å². The summed E-state index contributed by atoms with van der Waals surface area (Å²) in [7, 11) is 4.33. The average molecular weight is 409 g/mol. The van der Waals surface area contributed by atoms with Crippen LogP contribution in [0.3, 0.4) is 0 Å². The summed E-state index contributed by atoms with van der Waals surface area (Å²) in [5.41, 5.74) is -0.0689. The quantitative estimate of drug-likeness (QED) is 0.202. The van der Waals surface area contributed by atoms with Crippen molar-refractivity contribution in [2.24, 2.45) is 0 Å². The molecule has 0 amide bonds. The number of hydrogen-bond donors (Lipinski definition) is 1. The number of hydrogen-bond acceptors (Lipinski definition) is 4. The van der Waals surface area contributed by atoms with Crippen LogP contribution in [0.2, 0.25) is 0 Å². The summed E-state index contributed by atoms with van der Waals surface area (Å²) in [6.07, 6.45) is 17.3. The van der Waals surface area contributed by atoms with Crippen LogP contribution in [0.4, 0.5) is 5.69 Å². The maximum absolute atomic E-state index is 10.3. The van der Waals surface area contributed by atoms with Gasteiger partial charge >= 0.3 is 5.97 Å². The molecule has 29 heavy (non-hydrogen) atoms. The largest absolute Gasteiger partial charge is 0.478 e. The van der Waals surface area contributed by atoms with Gasteiger partial charge in [-0.2, -0.15) is 0 Å². The topological polar surface area (TPSA) is 83.7 Å². The molecular formula is C23H40N2O4. The number of aromatic carboxylic acids is 1. The zero-order valence-electron chi connectivity index (χ0n) is 18.6. The van der Waals surface area contributed by atoms with Gasteiger partial charge < -0.3 is 10.0 Å². The summed E-state index contributed by atoms with van der Waals surface area (Å²) in [6, 6.07) is 4.70. The van der Waals surface area contributed by atoms with Crippen molar-refractivity contribution in [2.75, 3.05) is 20.6 Å². The van der Waals surface area contributed by atoms with Crippen molar-refractivity contribution >= 4 is 11.7 Å². The zero-order chi connectivity index (χ0) is 21.9. The molecule has 0 aliphatic heterocycles. The second-order valence-corrected chi connectivity index (χ2v) is 7.80. The van der Waals surface area contributed by atoms with Gasteiger partial charge in [-0.1, -0.05) is 77.6 Å². The lowest BCUT2D eigenvalue weighted by Crippen LogP contribution is -2.12. The molecule has 6 heteroatoms. The van der Waals surface area contributed by atoms with Gasteiger partial charge in [0.25, 0.3) is 5.69 Å². The van der Waals surface area contributed by atoms with E-state index in [1.54, 1.807) is 0 Å². The number of carbonyl (C=O) groups is 1. The highest BCUT2D eigenvalue weighted by atomic mass is 16.6. The number of rotatable bonds is 15. The van der Waals surface area contributed by atoms with Crippen molar-refractivity contribution in [3.05, 3.63) is 39.9 Å². The Morgan fingerprint density at radius 2 is 1.28 bits per heavy atom. The first kappa shape index (κ1) is 27.0. The molecule has 0 atom stereocenters. The van der Waals surface area contributed by atoms with E-state index >= 15 is 0 Å². The van der Waals surface area contributed by atoms with E-state index in [1.165, 1.54) is 95.7 Å². The van der Waals surface area contributed by atoms with Crippen LogP contribution in [0, 0.1) is 10.1 Å². The van der Waals surface area contributed by atoms with Crippen molar-refractivity contribution in [2.45, 2.75) is 84.0 Å². The van der Waals surface area contributed by atoms with Crippen molar-refractivity contribution < 1.29 is 14.8 Å². The maximum Gasteiger partial charge on any atom is 0.335 e. The lowest BCUT2D eigenvalue weighted by molar-refractivity contribution is -0.384. The van der Waals surface area contributed by atoms with Gasteiger partial charge in [-0.25, -0.2) is 4.79 Å². The highest BCUT2D eigenvalue weighted by Gasteiger charge is 2.06. The Bertz CT molecular complexity index is 511. The third-order valence-electron chi connectivity index (χ3n) is 4.78. The number of non-ortho nitro benzene ring substituents is 1. The summed E-state index contributed by atoms with van der Waals surface area (Å²) in [5, 5.41) is 18.6. The van der Waals surface area contributed by atoms with E-state index in [9.17, 15) is 14.9 Å². The predicted octanol–water partition coefficient (Wildman–Crippen LogP) is 6.54. The Morgan fingerprint density at radius 1 is 0.862 bits per heavy atom. The highest BCUT2D eigenvalue weighted by Crippen LogP contribution is 2.12. The standard InChI is InChI=1S/C16H35N.C7H5NO4/c1-4-5-6-7-8-9-10-11-12-13-14-15-16-17(2)3;9-7(10)5-1-3-6(4-2-5)8(11)12/h4-16H2,1-3H3;1-4H,(H,9,10). The Morgan fingerprint density at radius 3 is 1.62 bits per heavy atom. The molecule has 0 radical (unpaired) electrons. The Labute approximate surface area is 176 Å². The van der Waals surface area contributed by atoms with Gasteiger partial charge in [0.2, 0.25) is 0 Å². The van der Waals surface area contributed by atoms with Crippen molar-refractivity contribution in [1.29, 1.82) is 0 Å². The monoisotopic (exact) mass is 408 g/mol. The molecule has 1 N–H and O–H groups in total. The van der Waals surface area contributed by atoms with Gasteiger partial charge in [-0.05, 0) is 39.2 Å². The van der Waals surface area contributed by atoms with E-state index in [-0.39, 0.29) is 11.3 Å². The van der Waals surface area contributed by atoms with Crippen LogP contribution in [-0.4, -0.2) is 41.5 Å². The van der Waals surface area contributed by atoms with Gasteiger partial charge in [0, 0.05) is 12.1 Å². The minimum atomic E-state index is -1.09. The summed E-state index contributed by atoms with van der Waals surface area (Å²) < 4.78 is 0. The first-order chi connectivity index (χ1) is 13.9. The molecule has 166 valence electrons. The Kier molecular flexibility index (Phi) is 16.9. The molecule has 0 spiro atoms. The average Bonchev–Trinajstić information content (AvgIpc) is 2.69. The molecule has 0 aromatic heterocycles. The fourth-order valence-corrected chi connectivity index (χ4v) is 2.99. The third kappa shape index (κ3) is 16.7. The summed E-state index contributed by atoms with van der Waals surface area (Å²) >= 11 is 0. The van der Waals surface area contributed by atoms with Gasteiger partial charge in [-0.15, -0.1) is 0 Å². The second kappa shape index (κ2) is 18.1. The molecule has 0 unspecified atom stereocenters. The van der Waals surface area contributed by atoms with Crippen LogP contribution < -0.4 is 0 Å². The lowest BCUT2D eigenvalue weighted by atomic mass is 10.1. The highest BCUT2D eigenvalue weighted by molar-refractivity contribution is 5.87. The normalized spacial score (nSPS) is 10.5. The van der Waals surface area contributed by atoms with E-state index in [2.05, 4.69) is 25.9 Å². The van der Waals surface area contributed by atoms with Crippen LogP contribution in [0.5, 0.6) is 0 Å². The van der Waals surface area contributed by atoms with Crippen LogP contribution in [0.25, 0.3) is 0 Å².